The molecule has 2 rings (SSSR count). The average molecular weight is 352 g/mol. The van der Waals surface area contributed by atoms with Crippen molar-refractivity contribution in [2.24, 2.45) is 0 Å². The van der Waals surface area contributed by atoms with E-state index in [1.54, 1.807) is 50.7 Å². The Morgan fingerprint density at radius 3 is 2.33 bits per heavy atom. The summed E-state index contributed by atoms with van der Waals surface area (Å²) in [5, 5.41) is 5.33. The highest BCUT2D eigenvalue weighted by molar-refractivity contribution is 9.10. The van der Waals surface area contributed by atoms with Crippen molar-refractivity contribution in [1.29, 1.82) is 0 Å². The van der Waals surface area contributed by atoms with Gasteiger partial charge in [-0.15, -0.1) is 0 Å². The number of ether oxygens (including phenoxy) is 2. The number of methoxy groups -OCH3 is 2. The summed E-state index contributed by atoms with van der Waals surface area (Å²) in [5.74, 6) is 1.62. The van der Waals surface area contributed by atoms with Crippen LogP contribution in [0.25, 0.3) is 0 Å². The van der Waals surface area contributed by atoms with Gasteiger partial charge in [0, 0.05) is 34.6 Å². The Labute approximate surface area is 130 Å². The van der Waals surface area contributed by atoms with Crippen LogP contribution in [-0.4, -0.2) is 25.2 Å². The standard InChI is InChI=1S/C14H14BrN3O3/c1-20-11-6-10(7-12(8-11)21-2)17-14(19)18-13-5-9(15)3-4-16-13/h3-8H,1-2H3,(H2,16,17,18,19). The van der Waals surface area contributed by atoms with Crippen LogP contribution < -0.4 is 20.1 Å². The van der Waals surface area contributed by atoms with E-state index in [0.29, 0.717) is 23.0 Å². The lowest BCUT2D eigenvalue weighted by molar-refractivity contribution is 0.262. The molecule has 0 saturated carbocycles. The minimum Gasteiger partial charge on any atom is -0.497 e. The second-order valence-electron chi connectivity index (χ2n) is 4.04. The van der Waals surface area contributed by atoms with Gasteiger partial charge in [0.15, 0.2) is 0 Å². The zero-order valence-electron chi connectivity index (χ0n) is 11.5. The van der Waals surface area contributed by atoms with Crippen molar-refractivity contribution >= 4 is 33.5 Å². The molecule has 21 heavy (non-hydrogen) atoms. The van der Waals surface area contributed by atoms with Gasteiger partial charge in [0.05, 0.1) is 14.2 Å². The Morgan fingerprint density at radius 2 is 1.76 bits per heavy atom. The summed E-state index contributed by atoms with van der Waals surface area (Å²) in [6, 6.07) is 8.17. The van der Waals surface area contributed by atoms with Gasteiger partial charge in [-0.2, -0.15) is 0 Å². The van der Waals surface area contributed by atoms with Crippen molar-refractivity contribution in [1.82, 2.24) is 4.98 Å². The number of pyridine rings is 1. The van der Waals surface area contributed by atoms with Gasteiger partial charge in [0.2, 0.25) is 0 Å². The first-order valence-electron chi connectivity index (χ1n) is 6.03. The van der Waals surface area contributed by atoms with Gasteiger partial charge in [0.1, 0.15) is 17.3 Å². The Hall–Kier alpha value is -2.28. The van der Waals surface area contributed by atoms with Crippen molar-refractivity contribution in [3.05, 3.63) is 41.0 Å². The number of amides is 2. The van der Waals surface area contributed by atoms with Crippen LogP contribution in [0, 0.1) is 0 Å². The van der Waals surface area contributed by atoms with Gasteiger partial charge in [-0.3, -0.25) is 5.32 Å². The van der Waals surface area contributed by atoms with E-state index in [0.717, 1.165) is 4.47 Å². The molecule has 0 aliphatic rings. The van der Waals surface area contributed by atoms with Crippen LogP contribution in [0.4, 0.5) is 16.3 Å². The lowest BCUT2D eigenvalue weighted by Gasteiger charge is -2.10. The zero-order valence-corrected chi connectivity index (χ0v) is 13.1. The van der Waals surface area contributed by atoms with Gasteiger partial charge in [-0.1, -0.05) is 15.9 Å². The summed E-state index contributed by atoms with van der Waals surface area (Å²) in [6.45, 7) is 0. The van der Waals surface area contributed by atoms with Crippen LogP contribution in [0.1, 0.15) is 0 Å². The topological polar surface area (TPSA) is 72.5 Å². The molecule has 110 valence electrons. The van der Waals surface area contributed by atoms with E-state index in [1.807, 2.05) is 0 Å². The lowest BCUT2D eigenvalue weighted by Crippen LogP contribution is -2.20. The first-order valence-corrected chi connectivity index (χ1v) is 6.82. The highest BCUT2D eigenvalue weighted by Crippen LogP contribution is 2.25. The summed E-state index contributed by atoms with van der Waals surface area (Å²) < 4.78 is 11.1. The number of carbonyl (C=O) groups is 1. The number of hydrogen-bond donors (Lipinski definition) is 2. The molecule has 0 bridgehead atoms. The number of nitrogens with zero attached hydrogens (tertiary/aromatic N) is 1. The molecule has 0 saturated heterocycles. The van der Waals surface area contributed by atoms with Crippen LogP contribution >= 0.6 is 15.9 Å². The number of carbonyl (C=O) groups excluding carboxylic acids is 1. The number of benzene rings is 1. The minimum absolute atomic E-state index is 0.407. The Bertz CT molecular complexity index is 627. The molecule has 0 fully saturated rings. The molecule has 0 radical (unpaired) electrons. The predicted molar refractivity (Wildman–Crippen MR) is 84.1 cm³/mol. The van der Waals surface area contributed by atoms with Gasteiger partial charge in [0.25, 0.3) is 0 Å². The molecule has 1 aromatic heterocycles. The van der Waals surface area contributed by atoms with Gasteiger partial charge in [-0.05, 0) is 12.1 Å². The average Bonchev–Trinajstić information content (AvgIpc) is 2.46. The maximum Gasteiger partial charge on any atom is 0.324 e. The number of hydrogen-bond acceptors (Lipinski definition) is 4. The monoisotopic (exact) mass is 351 g/mol. The van der Waals surface area contributed by atoms with Crippen molar-refractivity contribution in [2.75, 3.05) is 24.9 Å². The van der Waals surface area contributed by atoms with Crippen molar-refractivity contribution < 1.29 is 14.3 Å². The molecule has 0 aliphatic heterocycles. The molecular weight excluding hydrogens is 338 g/mol. The lowest BCUT2D eigenvalue weighted by atomic mass is 10.3. The molecule has 1 aromatic carbocycles. The molecule has 0 aliphatic carbocycles. The molecular formula is C14H14BrN3O3. The molecule has 7 heteroatoms. The maximum absolute atomic E-state index is 11.9. The minimum atomic E-state index is -0.407. The van der Waals surface area contributed by atoms with Crippen LogP contribution in [0.2, 0.25) is 0 Å². The summed E-state index contributed by atoms with van der Waals surface area (Å²) >= 11 is 3.31. The van der Waals surface area contributed by atoms with Crippen molar-refractivity contribution in [3.8, 4) is 11.5 Å². The van der Waals surface area contributed by atoms with Crippen LogP contribution in [0.15, 0.2) is 41.0 Å². The largest absolute Gasteiger partial charge is 0.497 e. The molecule has 6 nitrogen and oxygen atoms in total. The number of urea groups is 1. The molecule has 0 spiro atoms. The van der Waals surface area contributed by atoms with E-state index in [4.69, 9.17) is 9.47 Å². The van der Waals surface area contributed by atoms with Crippen molar-refractivity contribution in [2.45, 2.75) is 0 Å². The van der Waals surface area contributed by atoms with Gasteiger partial charge < -0.3 is 14.8 Å². The maximum atomic E-state index is 11.9. The number of anilines is 2. The summed E-state index contributed by atoms with van der Waals surface area (Å²) in [7, 11) is 3.09. The van der Waals surface area contributed by atoms with E-state index in [-0.39, 0.29) is 0 Å². The molecule has 0 unspecified atom stereocenters. The third-order valence-electron chi connectivity index (χ3n) is 2.57. The number of halogens is 1. The van der Waals surface area contributed by atoms with E-state index in [9.17, 15) is 4.79 Å². The highest BCUT2D eigenvalue weighted by atomic mass is 79.9. The zero-order chi connectivity index (χ0) is 15.2. The summed E-state index contributed by atoms with van der Waals surface area (Å²) in [6.07, 6.45) is 1.59. The normalized spacial score (nSPS) is 9.86. The van der Waals surface area contributed by atoms with Gasteiger partial charge in [-0.25, -0.2) is 9.78 Å². The smallest absolute Gasteiger partial charge is 0.324 e. The first-order chi connectivity index (χ1) is 10.1. The first kappa shape index (κ1) is 15.1. The second kappa shape index (κ2) is 6.94. The summed E-state index contributed by atoms with van der Waals surface area (Å²) in [4.78, 5) is 16.0. The third kappa shape index (κ3) is 4.35. The Kier molecular flexibility index (Phi) is 4.99. The number of aromatic nitrogens is 1. The van der Waals surface area contributed by atoms with Crippen LogP contribution in [0.5, 0.6) is 11.5 Å². The van der Waals surface area contributed by atoms with Crippen LogP contribution in [0.3, 0.4) is 0 Å². The fourth-order valence-electron chi connectivity index (χ4n) is 1.63. The number of rotatable bonds is 4. The van der Waals surface area contributed by atoms with E-state index in [2.05, 4.69) is 31.5 Å². The SMILES string of the molecule is COc1cc(NC(=O)Nc2cc(Br)ccn2)cc(OC)c1. The van der Waals surface area contributed by atoms with Crippen molar-refractivity contribution in [3.63, 3.8) is 0 Å². The summed E-state index contributed by atoms with van der Waals surface area (Å²) in [5.41, 5.74) is 0.554. The Morgan fingerprint density at radius 1 is 1.10 bits per heavy atom. The molecule has 1 heterocycles. The number of nitrogens with one attached hydrogen (secondary N) is 2. The fraction of sp³-hybridized carbons (Fsp3) is 0.143. The van der Waals surface area contributed by atoms with E-state index >= 15 is 0 Å². The third-order valence-corrected chi connectivity index (χ3v) is 3.07. The van der Waals surface area contributed by atoms with E-state index < -0.39 is 6.03 Å². The van der Waals surface area contributed by atoms with E-state index in [1.165, 1.54) is 0 Å². The fourth-order valence-corrected chi connectivity index (χ4v) is 1.97. The molecule has 0 atom stereocenters. The Balaban J connectivity index is 2.08. The van der Waals surface area contributed by atoms with Crippen LogP contribution in [-0.2, 0) is 0 Å². The highest BCUT2D eigenvalue weighted by Gasteiger charge is 2.07. The van der Waals surface area contributed by atoms with Gasteiger partial charge >= 0.3 is 6.03 Å². The quantitative estimate of drug-likeness (QED) is 0.883. The second-order valence-corrected chi connectivity index (χ2v) is 4.96. The predicted octanol–water partition coefficient (Wildman–Crippen LogP) is 3.51. The molecule has 2 N–H and O–H groups in total. The molecule has 2 amide bonds. The molecule has 2 aromatic rings.